The first-order valence-electron chi connectivity index (χ1n) is 15.8. The molecule has 0 saturated heterocycles. The molecule has 224 valence electrons. The number of carbonyl (C=O) groups excluding carboxylic acids is 2. The molecule has 1 aromatic heterocycles. The molecule has 1 atom stereocenters. The topological polar surface area (TPSA) is 59.1 Å². The first kappa shape index (κ1) is 34.4. The van der Waals surface area contributed by atoms with E-state index in [2.05, 4.69) is 86.0 Å². The Morgan fingerprint density at radius 1 is 0.854 bits per heavy atom. The SMILES string of the molecule is CC/C=C\C/C=C\C/C=C\C/C=C\C/C=C\C/C=C\CCC(=O)NCC(=O)Cc1nc2c(s1)C[C@H](CCCC)CC2. The van der Waals surface area contributed by atoms with Gasteiger partial charge in [-0.2, -0.15) is 0 Å². The summed E-state index contributed by atoms with van der Waals surface area (Å²) >= 11 is 1.70. The van der Waals surface area contributed by atoms with Crippen molar-refractivity contribution in [3.63, 3.8) is 0 Å². The van der Waals surface area contributed by atoms with Crippen LogP contribution < -0.4 is 5.32 Å². The molecule has 1 aromatic rings. The average Bonchev–Trinajstić information content (AvgIpc) is 3.37. The minimum atomic E-state index is -0.0740. The number of hydrogen-bond acceptors (Lipinski definition) is 4. The van der Waals surface area contributed by atoms with E-state index >= 15 is 0 Å². The van der Waals surface area contributed by atoms with Gasteiger partial charge < -0.3 is 5.32 Å². The number of aromatic nitrogens is 1. The molecule has 0 bridgehead atoms. The molecule has 1 amide bonds. The summed E-state index contributed by atoms with van der Waals surface area (Å²) in [6.07, 6.45) is 40.6. The Labute approximate surface area is 253 Å². The summed E-state index contributed by atoms with van der Waals surface area (Å²) in [5.74, 6) is 0.725. The number of amides is 1. The Balaban J connectivity index is 1.48. The minimum absolute atomic E-state index is 0.0286. The van der Waals surface area contributed by atoms with Crippen LogP contribution in [0.4, 0.5) is 0 Å². The van der Waals surface area contributed by atoms with E-state index in [0.29, 0.717) is 19.3 Å². The van der Waals surface area contributed by atoms with Gasteiger partial charge in [-0.15, -0.1) is 11.3 Å². The zero-order chi connectivity index (χ0) is 29.4. The molecule has 0 saturated carbocycles. The molecule has 0 fully saturated rings. The van der Waals surface area contributed by atoms with E-state index in [1.54, 1.807) is 11.3 Å². The monoisotopic (exact) mass is 576 g/mol. The third kappa shape index (κ3) is 16.9. The molecule has 0 unspecified atom stereocenters. The second-order valence-corrected chi connectivity index (χ2v) is 11.8. The van der Waals surface area contributed by atoms with Gasteiger partial charge in [0.25, 0.3) is 0 Å². The molecule has 1 N–H and O–H groups in total. The van der Waals surface area contributed by atoms with Gasteiger partial charge in [0.2, 0.25) is 5.91 Å². The lowest BCUT2D eigenvalue weighted by molar-refractivity contribution is -0.124. The lowest BCUT2D eigenvalue weighted by Crippen LogP contribution is -2.30. The van der Waals surface area contributed by atoms with E-state index in [9.17, 15) is 9.59 Å². The summed E-state index contributed by atoms with van der Waals surface area (Å²) < 4.78 is 0. The Hall–Kier alpha value is -2.79. The summed E-state index contributed by atoms with van der Waals surface area (Å²) in [5, 5.41) is 3.68. The highest BCUT2D eigenvalue weighted by atomic mass is 32.1. The van der Waals surface area contributed by atoms with Gasteiger partial charge in [-0.1, -0.05) is 106 Å². The number of aryl methyl sites for hydroxylation is 1. The van der Waals surface area contributed by atoms with Crippen molar-refractivity contribution in [3.8, 4) is 0 Å². The Kier molecular flexibility index (Phi) is 19.2. The highest BCUT2D eigenvalue weighted by molar-refractivity contribution is 7.11. The number of Topliss-reactive ketones (excluding diaryl/α,β-unsaturated/α-hetero) is 1. The number of unbranched alkanes of at least 4 members (excludes halogenated alkanes) is 1. The quantitative estimate of drug-likeness (QED) is 0.148. The first-order valence-corrected chi connectivity index (χ1v) is 16.6. The molecule has 5 heteroatoms. The van der Waals surface area contributed by atoms with Crippen molar-refractivity contribution in [2.75, 3.05) is 6.54 Å². The zero-order valence-corrected chi connectivity index (χ0v) is 26.3. The van der Waals surface area contributed by atoms with Gasteiger partial charge in [0.15, 0.2) is 5.78 Å². The molecule has 1 aliphatic carbocycles. The van der Waals surface area contributed by atoms with Crippen LogP contribution in [0.3, 0.4) is 0 Å². The molecule has 0 radical (unpaired) electrons. The number of ketones is 1. The fourth-order valence-electron chi connectivity index (χ4n) is 4.68. The van der Waals surface area contributed by atoms with Gasteiger partial charge in [-0.05, 0) is 70.1 Å². The lowest BCUT2D eigenvalue weighted by atomic mass is 9.87. The van der Waals surface area contributed by atoms with Gasteiger partial charge in [0.05, 0.1) is 18.7 Å². The zero-order valence-electron chi connectivity index (χ0n) is 25.5. The van der Waals surface area contributed by atoms with E-state index in [0.717, 1.165) is 62.3 Å². The molecule has 0 aromatic carbocycles. The maximum absolute atomic E-state index is 12.4. The normalized spacial score (nSPS) is 15.9. The van der Waals surface area contributed by atoms with E-state index in [-0.39, 0.29) is 18.2 Å². The second-order valence-electron chi connectivity index (χ2n) is 10.7. The van der Waals surface area contributed by atoms with E-state index < -0.39 is 0 Å². The summed E-state index contributed by atoms with van der Waals surface area (Å²) in [4.78, 5) is 30.6. The molecule has 0 aliphatic heterocycles. The number of carbonyl (C=O) groups is 2. The first-order chi connectivity index (χ1) is 20.1. The van der Waals surface area contributed by atoms with E-state index in [4.69, 9.17) is 4.98 Å². The number of fused-ring (bicyclic) bond motifs is 1. The predicted molar refractivity (Wildman–Crippen MR) is 176 cm³/mol. The number of allylic oxidation sites excluding steroid dienone is 12. The van der Waals surface area contributed by atoms with Crippen LogP contribution in [0.15, 0.2) is 72.9 Å². The Bertz CT molecular complexity index is 1060. The van der Waals surface area contributed by atoms with Gasteiger partial charge >= 0.3 is 0 Å². The maximum atomic E-state index is 12.4. The van der Waals surface area contributed by atoms with Crippen molar-refractivity contribution in [2.24, 2.45) is 5.92 Å². The number of hydrogen-bond donors (Lipinski definition) is 1. The largest absolute Gasteiger partial charge is 0.349 e. The van der Waals surface area contributed by atoms with Crippen LogP contribution in [-0.4, -0.2) is 23.2 Å². The third-order valence-electron chi connectivity index (χ3n) is 7.02. The van der Waals surface area contributed by atoms with Crippen LogP contribution in [0.25, 0.3) is 0 Å². The summed E-state index contributed by atoms with van der Waals surface area (Å²) in [6.45, 7) is 4.49. The smallest absolute Gasteiger partial charge is 0.220 e. The van der Waals surface area contributed by atoms with Crippen LogP contribution in [-0.2, 0) is 28.9 Å². The number of thiazole rings is 1. The molecule has 1 aliphatic rings. The van der Waals surface area contributed by atoms with Gasteiger partial charge in [-0.25, -0.2) is 4.98 Å². The van der Waals surface area contributed by atoms with Crippen molar-refractivity contribution in [3.05, 3.63) is 88.5 Å². The van der Waals surface area contributed by atoms with Crippen LogP contribution in [0, 0.1) is 5.92 Å². The molecule has 0 spiro atoms. The van der Waals surface area contributed by atoms with Crippen LogP contribution >= 0.6 is 11.3 Å². The molecular formula is C36H52N2O2S. The molecule has 2 rings (SSSR count). The maximum Gasteiger partial charge on any atom is 0.220 e. The fourth-order valence-corrected chi connectivity index (χ4v) is 5.94. The second kappa shape index (κ2) is 22.8. The van der Waals surface area contributed by atoms with E-state index in [1.165, 1.54) is 36.3 Å². The van der Waals surface area contributed by atoms with Gasteiger partial charge in [-0.3, -0.25) is 9.59 Å². The predicted octanol–water partition coefficient (Wildman–Crippen LogP) is 9.14. The standard InChI is InChI=1S/C36H52N2O2S/c1-3-5-7-8-9-10-11-12-13-14-15-16-17-18-19-20-21-22-23-25-35(40)37-30-32(39)29-36-38-33-27-26-31(24-6-4-2)28-34(33)41-36/h5,7,9-10,12-13,15-16,18-19,21-22,31H,3-4,6,8,11,14,17,20,23-30H2,1-2H3,(H,37,40)/b7-5-,10-9-,13-12-,16-15-,19-18-,22-21-/t31-/m1/s1. The van der Waals surface area contributed by atoms with Crippen molar-refractivity contribution in [1.29, 1.82) is 0 Å². The fraction of sp³-hybridized carbons (Fsp3) is 0.528. The molecule has 1 heterocycles. The van der Waals surface area contributed by atoms with Crippen molar-refractivity contribution < 1.29 is 9.59 Å². The minimum Gasteiger partial charge on any atom is -0.349 e. The highest BCUT2D eigenvalue weighted by Gasteiger charge is 2.22. The number of rotatable bonds is 21. The lowest BCUT2D eigenvalue weighted by Gasteiger charge is -2.20. The molecular weight excluding hydrogens is 524 g/mol. The van der Waals surface area contributed by atoms with Crippen LogP contribution in [0.1, 0.15) is 106 Å². The van der Waals surface area contributed by atoms with Gasteiger partial charge in [0.1, 0.15) is 5.01 Å². The van der Waals surface area contributed by atoms with Crippen molar-refractivity contribution in [2.45, 2.75) is 110 Å². The number of nitrogens with zero attached hydrogens (tertiary/aromatic N) is 1. The summed E-state index contributed by atoms with van der Waals surface area (Å²) in [6, 6.07) is 0. The number of nitrogens with one attached hydrogen (secondary N) is 1. The van der Waals surface area contributed by atoms with Crippen LogP contribution in [0.2, 0.25) is 0 Å². The molecule has 4 nitrogen and oxygen atoms in total. The summed E-state index contributed by atoms with van der Waals surface area (Å²) in [5.41, 5.74) is 1.20. The third-order valence-corrected chi connectivity index (χ3v) is 8.14. The highest BCUT2D eigenvalue weighted by Crippen LogP contribution is 2.32. The van der Waals surface area contributed by atoms with Crippen molar-refractivity contribution in [1.82, 2.24) is 10.3 Å². The molecule has 41 heavy (non-hydrogen) atoms. The average molecular weight is 577 g/mol. The van der Waals surface area contributed by atoms with Gasteiger partial charge in [0, 0.05) is 11.3 Å². The van der Waals surface area contributed by atoms with Crippen molar-refractivity contribution >= 4 is 23.0 Å². The Morgan fingerprint density at radius 3 is 2.02 bits per heavy atom. The Morgan fingerprint density at radius 2 is 1.44 bits per heavy atom. The van der Waals surface area contributed by atoms with Crippen LogP contribution in [0.5, 0.6) is 0 Å². The summed E-state index contributed by atoms with van der Waals surface area (Å²) in [7, 11) is 0. The van der Waals surface area contributed by atoms with E-state index in [1.807, 2.05) is 6.08 Å².